The van der Waals surface area contributed by atoms with Gasteiger partial charge in [0.1, 0.15) is 22.7 Å². The summed E-state index contributed by atoms with van der Waals surface area (Å²) in [6.45, 7) is 12.8. The lowest BCUT2D eigenvalue weighted by atomic mass is 10.1. The molecule has 3 nitrogen and oxygen atoms in total. The van der Waals surface area contributed by atoms with Gasteiger partial charge in [0.15, 0.2) is 0 Å². The van der Waals surface area contributed by atoms with Crippen molar-refractivity contribution in [2.24, 2.45) is 0 Å². The lowest BCUT2D eigenvalue weighted by molar-refractivity contribution is 0.310. The molecule has 0 fully saturated rings. The van der Waals surface area contributed by atoms with Crippen molar-refractivity contribution in [3.05, 3.63) is 85.0 Å². The van der Waals surface area contributed by atoms with E-state index in [1.807, 2.05) is 12.2 Å². The largest absolute Gasteiger partial charge is 0.493 e. The fourth-order valence-corrected chi connectivity index (χ4v) is 3.49. The lowest BCUT2D eigenvalue weighted by Gasteiger charge is -2.09. The Morgan fingerprint density at radius 3 is 1.61 bits per heavy atom. The van der Waals surface area contributed by atoms with Crippen molar-refractivity contribution in [2.75, 3.05) is 13.2 Å². The third-order valence-electron chi connectivity index (χ3n) is 5.15. The van der Waals surface area contributed by atoms with Gasteiger partial charge in [0.2, 0.25) is 0 Å². The molecule has 0 amide bonds. The maximum atomic E-state index is 6.12. The quantitative estimate of drug-likeness (QED) is 0.221. The third-order valence-corrected chi connectivity index (χ3v) is 5.15. The molecule has 0 spiro atoms. The summed E-state index contributed by atoms with van der Waals surface area (Å²) >= 11 is 0. The highest BCUT2D eigenvalue weighted by Crippen LogP contribution is 2.37. The summed E-state index contributed by atoms with van der Waals surface area (Å²) in [5.74, 6) is 1.81. The number of ether oxygens (including phenoxy) is 2. The first-order valence-electron chi connectivity index (χ1n) is 10.9. The Kier molecular flexibility index (Phi) is 8.17. The Bertz CT molecular complexity index is 1010. The number of furan rings is 1. The van der Waals surface area contributed by atoms with E-state index in [1.54, 1.807) is 12.2 Å². The van der Waals surface area contributed by atoms with Crippen molar-refractivity contribution >= 4 is 21.9 Å². The smallest absolute Gasteiger partial charge is 0.135 e. The van der Waals surface area contributed by atoms with E-state index in [4.69, 9.17) is 13.9 Å². The monoisotopic (exact) mass is 416 g/mol. The first-order chi connectivity index (χ1) is 15.1. The summed E-state index contributed by atoms with van der Waals surface area (Å²) in [6.07, 6.45) is 15.6. The minimum atomic E-state index is 0.678. The molecule has 162 valence electrons. The number of hydrogen-bond donors (Lipinski definition) is 0. The van der Waals surface area contributed by atoms with E-state index < -0.39 is 0 Å². The average Bonchev–Trinajstić information content (AvgIpc) is 3.08. The molecule has 0 bridgehead atoms. The first kappa shape index (κ1) is 22.5. The highest BCUT2D eigenvalue weighted by Gasteiger charge is 2.13. The molecule has 3 heteroatoms. The van der Waals surface area contributed by atoms with Crippen LogP contribution in [-0.4, -0.2) is 13.2 Å². The molecule has 0 radical (unpaired) electrons. The molecule has 0 aliphatic rings. The van der Waals surface area contributed by atoms with E-state index in [0.717, 1.165) is 70.2 Å². The maximum absolute atomic E-state index is 6.12. The van der Waals surface area contributed by atoms with Gasteiger partial charge in [0.25, 0.3) is 0 Å². The summed E-state index contributed by atoms with van der Waals surface area (Å²) in [5.41, 5.74) is 3.91. The van der Waals surface area contributed by atoms with Crippen LogP contribution in [0.2, 0.25) is 0 Å². The first-order valence-corrected chi connectivity index (χ1v) is 10.9. The third kappa shape index (κ3) is 5.91. The van der Waals surface area contributed by atoms with Crippen LogP contribution in [0.15, 0.2) is 78.3 Å². The van der Waals surface area contributed by atoms with E-state index in [9.17, 15) is 0 Å². The van der Waals surface area contributed by atoms with E-state index in [2.05, 4.69) is 63.4 Å². The van der Waals surface area contributed by atoms with E-state index in [-0.39, 0.29) is 0 Å². The van der Waals surface area contributed by atoms with Gasteiger partial charge in [-0.3, -0.25) is 0 Å². The summed E-state index contributed by atoms with van der Waals surface area (Å²) < 4.78 is 18.2. The normalized spacial score (nSPS) is 11.7. The van der Waals surface area contributed by atoms with Crippen molar-refractivity contribution < 1.29 is 13.9 Å². The molecular weight excluding hydrogens is 384 g/mol. The Balaban J connectivity index is 1.76. The summed E-state index contributed by atoms with van der Waals surface area (Å²) in [4.78, 5) is 0. The SMILES string of the molecule is C=CC=CCCCOc1cc2c(cc1C)oc1cc(C)c(OCCCC=CC=C)cc12. The van der Waals surface area contributed by atoms with Gasteiger partial charge < -0.3 is 13.9 Å². The van der Waals surface area contributed by atoms with Crippen LogP contribution >= 0.6 is 0 Å². The van der Waals surface area contributed by atoms with Crippen LogP contribution in [0.25, 0.3) is 21.9 Å². The molecule has 0 saturated carbocycles. The summed E-state index contributed by atoms with van der Waals surface area (Å²) in [6, 6.07) is 8.30. The summed E-state index contributed by atoms with van der Waals surface area (Å²) in [5, 5.41) is 2.11. The molecule has 1 heterocycles. The number of aryl methyl sites for hydroxylation is 2. The fourth-order valence-electron chi connectivity index (χ4n) is 3.49. The molecule has 0 saturated heterocycles. The van der Waals surface area contributed by atoms with Crippen LogP contribution in [0.1, 0.15) is 36.8 Å². The second-order valence-electron chi connectivity index (χ2n) is 7.64. The van der Waals surface area contributed by atoms with Gasteiger partial charge in [-0.1, -0.05) is 49.6 Å². The van der Waals surface area contributed by atoms with Gasteiger partial charge in [0.05, 0.1) is 13.2 Å². The van der Waals surface area contributed by atoms with Crippen molar-refractivity contribution in [3.63, 3.8) is 0 Å². The van der Waals surface area contributed by atoms with Crippen molar-refractivity contribution in [1.29, 1.82) is 0 Å². The Morgan fingerprint density at radius 1 is 0.742 bits per heavy atom. The second kappa shape index (κ2) is 11.3. The molecule has 0 aliphatic heterocycles. The van der Waals surface area contributed by atoms with Gasteiger partial charge in [0, 0.05) is 10.8 Å². The van der Waals surface area contributed by atoms with Gasteiger partial charge in [-0.05, 0) is 74.9 Å². The predicted molar refractivity (Wildman–Crippen MR) is 131 cm³/mol. The molecular formula is C28H32O3. The molecule has 0 aliphatic carbocycles. The summed E-state index contributed by atoms with van der Waals surface area (Å²) in [7, 11) is 0. The van der Waals surface area contributed by atoms with Crippen LogP contribution in [-0.2, 0) is 0 Å². The lowest BCUT2D eigenvalue weighted by Crippen LogP contribution is -1.98. The number of hydrogen-bond acceptors (Lipinski definition) is 3. The highest BCUT2D eigenvalue weighted by atomic mass is 16.5. The Labute approximate surface area is 185 Å². The molecule has 31 heavy (non-hydrogen) atoms. The van der Waals surface area contributed by atoms with E-state index >= 15 is 0 Å². The van der Waals surface area contributed by atoms with Gasteiger partial charge in [-0.15, -0.1) is 0 Å². The molecule has 3 aromatic rings. The fraction of sp³-hybridized carbons (Fsp3) is 0.286. The minimum absolute atomic E-state index is 0.678. The van der Waals surface area contributed by atoms with E-state index in [1.165, 1.54) is 0 Å². The number of benzene rings is 2. The van der Waals surface area contributed by atoms with E-state index in [0.29, 0.717) is 13.2 Å². The number of fused-ring (bicyclic) bond motifs is 3. The standard InChI is InChI=1S/C28H32O3/c1-5-7-9-11-13-15-29-25-19-23-24-20-26(30-16-14-12-10-8-6-2)22(4)18-28(24)31-27(23)17-21(25)3/h5-10,17-20H,1-2,11-16H2,3-4H3. The molecule has 0 N–H and O–H groups in total. The van der Waals surface area contributed by atoms with Crippen LogP contribution < -0.4 is 9.47 Å². The van der Waals surface area contributed by atoms with Crippen LogP contribution in [0, 0.1) is 13.8 Å². The zero-order valence-corrected chi connectivity index (χ0v) is 18.7. The average molecular weight is 417 g/mol. The van der Waals surface area contributed by atoms with Gasteiger partial charge in [-0.2, -0.15) is 0 Å². The van der Waals surface area contributed by atoms with Crippen LogP contribution in [0.5, 0.6) is 11.5 Å². The minimum Gasteiger partial charge on any atom is -0.493 e. The number of allylic oxidation sites excluding steroid dienone is 6. The topological polar surface area (TPSA) is 31.6 Å². The second-order valence-corrected chi connectivity index (χ2v) is 7.64. The predicted octanol–water partition coefficient (Wildman–Crippen LogP) is 8.01. The molecule has 0 atom stereocenters. The zero-order chi connectivity index (χ0) is 22.1. The molecule has 0 unspecified atom stereocenters. The van der Waals surface area contributed by atoms with Gasteiger partial charge >= 0.3 is 0 Å². The Hall–Kier alpha value is -3.20. The maximum Gasteiger partial charge on any atom is 0.135 e. The Morgan fingerprint density at radius 2 is 1.19 bits per heavy atom. The van der Waals surface area contributed by atoms with Crippen LogP contribution in [0.4, 0.5) is 0 Å². The van der Waals surface area contributed by atoms with Crippen molar-refractivity contribution in [3.8, 4) is 11.5 Å². The molecule has 2 aromatic carbocycles. The molecule has 1 aromatic heterocycles. The van der Waals surface area contributed by atoms with Crippen molar-refractivity contribution in [1.82, 2.24) is 0 Å². The number of unbranched alkanes of at least 4 members (excludes halogenated alkanes) is 2. The zero-order valence-electron chi connectivity index (χ0n) is 18.7. The highest BCUT2D eigenvalue weighted by molar-refractivity contribution is 6.06. The van der Waals surface area contributed by atoms with Crippen molar-refractivity contribution in [2.45, 2.75) is 39.5 Å². The molecule has 3 rings (SSSR count). The van der Waals surface area contributed by atoms with Crippen LogP contribution in [0.3, 0.4) is 0 Å². The number of rotatable bonds is 12. The van der Waals surface area contributed by atoms with Gasteiger partial charge in [-0.25, -0.2) is 0 Å².